The van der Waals surface area contributed by atoms with E-state index in [-0.39, 0.29) is 24.2 Å². The Morgan fingerprint density at radius 3 is 2.72 bits per heavy atom. The SMILES string of the molecule is CO[C@H]1[C@H](N(C)C(=O)c2cc3nc(C)cc(C)n3n2)COC[C@H]1OC. The number of rotatable bonds is 4. The van der Waals surface area contributed by atoms with Crippen LogP contribution in [0.3, 0.4) is 0 Å². The number of hydrogen-bond donors (Lipinski definition) is 0. The first-order chi connectivity index (χ1) is 12.0. The standard InChI is InChI=1S/C17H24N4O4/c1-10-6-11(2)21-15(18-10)7-12(19-21)17(22)20(3)13-8-25-9-14(23-4)16(13)24-5/h6-7,13-14,16H,8-9H2,1-5H3/t13-,14-,16+/m1/s1. The molecule has 2 aromatic heterocycles. The fourth-order valence-electron chi connectivity index (χ4n) is 3.31. The predicted molar refractivity (Wildman–Crippen MR) is 90.8 cm³/mol. The number of aromatic nitrogens is 3. The van der Waals surface area contributed by atoms with Crippen molar-refractivity contribution in [1.29, 1.82) is 0 Å². The van der Waals surface area contributed by atoms with Gasteiger partial charge in [0.05, 0.1) is 19.3 Å². The van der Waals surface area contributed by atoms with Crippen LogP contribution in [0.5, 0.6) is 0 Å². The van der Waals surface area contributed by atoms with E-state index >= 15 is 0 Å². The molecule has 8 heteroatoms. The third-order valence-corrected chi connectivity index (χ3v) is 4.66. The normalized spacial score (nSPS) is 23.8. The summed E-state index contributed by atoms with van der Waals surface area (Å²) in [6.45, 7) is 4.70. The van der Waals surface area contributed by atoms with E-state index in [9.17, 15) is 4.79 Å². The van der Waals surface area contributed by atoms with Crippen LogP contribution in [-0.4, -0.2) is 78.1 Å². The summed E-state index contributed by atoms with van der Waals surface area (Å²) >= 11 is 0. The van der Waals surface area contributed by atoms with Gasteiger partial charge in [0.2, 0.25) is 0 Å². The number of fused-ring (bicyclic) bond motifs is 1. The maximum atomic E-state index is 12.9. The molecule has 0 radical (unpaired) electrons. The second-order valence-corrected chi connectivity index (χ2v) is 6.33. The quantitative estimate of drug-likeness (QED) is 0.815. The average Bonchev–Trinajstić information content (AvgIpc) is 3.03. The van der Waals surface area contributed by atoms with Crippen molar-refractivity contribution in [3.8, 4) is 0 Å². The third-order valence-electron chi connectivity index (χ3n) is 4.66. The van der Waals surface area contributed by atoms with Gasteiger partial charge in [-0.3, -0.25) is 4.79 Å². The third kappa shape index (κ3) is 3.24. The predicted octanol–water partition coefficient (Wildman–Crippen LogP) is 0.847. The zero-order valence-electron chi connectivity index (χ0n) is 15.2. The lowest BCUT2D eigenvalue weighted by Gasteiger charge is -2.40. The highest BCUT2D eigenvalue weighted by Crippen LogP contribution is 2.20. The summed E-state index contributed by atoms with van der Waals surface area (Å²) in [5, 5.41) is 4.41. The Labute approximate surface area is 146 Å². The molecule has 2 aromatic rings. The summed E-state index contributed by atoms with van der Waals surface area (Å²) in [6.07, 6.45) is -0.474. The minimum atomic E-state index is -0.258. The molecular formula is C17H24N4O4. The van der Waals surface area contributed by atoms with Crippen LogP contribution in [0.15, 0.2) is 12.1 Å². The van der Waals surface area contributed by atoms with Crippen LogP contribution >= 0.6 is 0 Å². The van der Waals surface area contributed by atoms with Crippen LogP contribution in [0.25, 0.3) is 5.65 Å². The molecule has 1 aliphatic rings. The van der Waals surface area contributed by atoms with Crippen LogP contribution < -0.4 is 0 Å². The molecule has 0 aliphatic carbocycles. The fourth-order valence-corrected chi connectivity index (χ4v) is 3.31. The number of methoxy groups -OCH3 is 2. The minimum absolute atomic E-state index is 0.199. The number of aryl methyl sites for hydroxylation is 2. The van der Waals surface area contributed by atoms with Gasteiger partial charge in [0.1, 0.15) is 12.2 Å². The van der Waals surface area contributed by atoms with Crippen LogP contribution in [0.2, 0.25) is 0 Å². The van der Waals surface area contributed by atoms with Gasteiger partial charge < -0.3 is 19.1 Å². The van der Waals surface area contributed by atoms with E-state index < -0.39 is 0 Å². The molecule has 0 unspecified atom stereocenters. The second-order valence-electron chi connectivity index (χ2n) is 6.33. The van der Waals surface area contributed by atoms with E-state index in [2.05, 4.69) is 10.1 Å². The molecule has 3 atom stereocenters. The molecule has 1 saturated heterocycles. The van der Waals surface area contributed by atoms with Gasteiger partial charge in [-0.2, -0.15) is 5.10 Å². The van der Waals surface area contributed by atoms with Gasteiger partial charge in [0.25, 0.3) is 5.91 Å². The van der Waals surface area contributed by atoms with Crippen molar-refractivity contribution in [2.24, 2.45) is 0 Å². The summed E-state index contributed by atoms with van der Waals surface area (Å²) in [4.78, 5) is 19.0. The Balaban J connectivity index is 1.88. The van der Waals surface area contributed by atoms with Crippen LogP contribution in [0.1, 0.15) is 21.9 Å². The monoisotopic (exact) mass is 348 g/mol. The molecule has 3 heterocycles. The Kier molecular flexibility index (Phi) is 5.03. The highest BCUT2D eigenvalue weighted by atomic mass is 16.6. The lowest BCUT2D eigenvalue weighted by Crippen LogP contribution is -2.57. The van der Waals surface area contributed by atoms with Crippen molar-refractivity contribution in [1.82, 2.24) is 19.5 Å². The lowest BCUT2D eigenvalue weighted by molar-refractivity contribution is -0.147. The van der Waals surface area contributed by atoms with E-state index in [1.807, 2.05) is 19.9 Å². The van der Waals surface area contributed by atoms with Crippen molar-refractivity contribution < 1.29 is 19.0 Å². The first kappa shape index (κ1) is 17.8. The average molecular weight is 348 g/mol. The van der Waals surface area contributed by atoms with Crippen molar-refractivity contribution in [3.05, 3.63) is 29.2 Å². The van der Waals surface area contributed by atoms with Crippen molar-refractivity contribution >= 4 is 11.6 Å². The molecular weight excluding hydrogens is 324 g/mol. The van der Waals surface area contributed by atoms with Crippen LogP contribution in [0.4, 0.5) is 0 Å². The molecule has 0 bridgehead atoms. The zero-order valence-corrected chi connectivity index (χ0v) is 15.2. The van der Waals surface area contributed by atoms with Crippen molar-refractivity contribution in [2.75, 3.05) is 34.5 Å². The number of carbonyl (C=O) groups is 1. The molecule has 0 aromatic carbocycles. The molecule has 0 spiro atoms. The Bertz CT molecular complexity index is 775. The number of likely N-dealkylation sites (N-methyl/N-ethyl adjacent to an activating group) is 1. The van der Waals surface area contributed by atoms with E-state index in [4.69, 9.17) is 14.2 Å². The number of hydrogen-bond acceptors (Lipinski definition) is 6. The molecule has 1 fully saturated rings. The molecule has 136 valence electrons. The van der Waals surface area contributed by atoms with E-state index in [1.165, 1.54) is 0 Å². The summed E-state index contributed by atoms with van der Waals surface area (Å²) in [6, 6.07) is 3.38. The van der Waals surface area contributed by atoms with Crippen LogP contribution in [0, 0.1) is 13.8 Å². The molecule has 1 amide bonds. The number of carbonyl (C=O) groups excluding carboxylic acids is 1. The zero-order chi connectivity index (χ0) is 18.1. The molecule has 0 N–H and O–H groups in total. The molecule has 3 rings (SSSR count). The molecule has 8 nitrogen and oxygen atoms in total. The van der Waals surface area contributed by atoms with Gasteiger partial charge in [-0.1, -0.05) is 0 Å². The lowest BCUT2D eigenvalue weighted by atomic mass is 10.0. The largest absolute Gasteiger partial charge is 0.376 e. The molecule has 1 aliphatic heterocycles. The van der Waals surface area contributed by atoms with Gasteiger partial charge in [-0.25, -0.2) is 9.50 Å². The maximum absolute atomic E-state index is 12.9. The number of amides is 1. The van der Waals surface area contributed by atoms with E-state index in [0.29, 0.717) is 24.6 Å². The second kappa shape index (κ2) is 7.07. The summed E-state index contributed by atoms with van der Waals surface area (Å²) in [5.41, 5.74) is 2.82. The number of ether oxygens (including phenoxy) is 3. The first-order valence-electron chi connectivity index (χ1n) is 8.20. The first-order valence-corrected chi connectivity index (χ1v) is 8.20. The van der Waals surface area contributed by atoms with Crippen molar-refractivity contribution in [2.45, 2.75) is 32.1 Å². The van der Waals surface area contributed by atoms with Gasteiger partial charge in [-0.05, 0) is 19.9 Å². The van der Waals surface area contributed by atoms with Gasteiger partial charge in [-0.15, -0.1) is 0 Å². The summed E-state index contributed by atoms with van der Waals surface area (Å²) in [5.74, 6) is -0.199. The van der Waals surface area contributed by atoms with E-state index in [1.54, 1.807) is 36.7 Å². The van der Waals surface area contributed by atoms with Crippen LogP contribution in [-0.2, 0) is 14.2 Å². The van der Waals surface area contributed by atoms with Gasteiger partial charge in [0.15, 0.2) is 11.3 Å². The summed E-state index contributed by atoms with van der Waals surface area (Å²) < 4.78 is 18.3. The Morgan fingerprint density at radius 2 is 2.04 bits per heavy atom. The number of nitrogens with zero attached hydrogens (tertiary/aromatic N) is 4. The highest BCUT2D eigenvalue weighted by molar-refractivity contribution is 5.93. The summed E-state index contributed by atoms with van der Waals surface area (Å²) in [7, 11) is 4.97. The minimum Gasteiger partial charge on any atom is -0.376 e. The van der Waals surface area contributed by atoms with Crippen molar-refractivity contribution in [3.63, 3.8) is 0 Å². The Hall–Kier alpha value is -2.03. The highest BCUT2D eigenvalue weighted by Gasteiger charge is 2.39. The van der Waals surface area contributed by atoms with E-state index in [0.717, 1.165) is 11.4 Å². The Morgan fingerprint density at radius 1 is 1.28 bits per heavy atom. The molecule has 25 heavy (non-hydrogen) atoms. The maximum Gasteiger partial charge on any atom is 0.274 e. The topological polar surface area (TPSA) is 78.2 Å². The molecule has 0 saturated carbocycles. The fraction of sp³-hybridized carbons (Fsp3) is 0.588. The van der Waals surface area contributed by atoms with Gasteiger partial charge in [0, 0.05) is 38.7 Å². The van der Waals surface area contributed by atoms with Gasteiger partial charge >= 0.3 is 0 Å². The smallest absolute Gasteiger partial charge is 0.274 e.